The first-order chi connectivity index (χ1) is 10.0. The zero-order valence-corrected chi connectivity index (χ0v) is 12.8. The lowest BCUT2D eigenvalue weighted by atomic mass is 10.2. The number of thiocarbonyl (C=S) groups is 1. The minimum absolute atomic E-state index is 0.290. The molecule has 0 spiro atoms. The quantitative estimate of drug-likeness (QED) is 0.507. The first-order valence-corrected chi connectivity index (χ1v) is 6.95. The van der Waals surface area contributed by atoms with Gasteiger partial charge in [-0.1, -0.05) is 29.3 Å². The molecule has 0 atom stereocenters. The molecule has 108 valence electrons. The fraction of sp³-hybridized carbons (Fsp3) is 0.0667. The summed E-state index contributed by atoms with van der Waals surface area (Å²) in [6, 6.07) is 11.9. The van der Waals surface area contributed by atoms with Crippen LogP contribution in [0, 0.1) is 12.7 Å². The lowest BCUT2D eigenvalue weighted by molar-refractivity contribution is 0.628. The summed E-state index contributed by atoms with van der Waals surface area (Å²) in [7, 11) is 0. The van der Waals surface area contributed by atoms with Gasteiger partial charge in [0.05, 0.1) is 11.2 Å². The molecule has 3 nitrogen and oxygen atoms in total. The highest BCUT2D eigenvalue weighted by Crippen LogP contribution is 2.15. The Morgan fingerprint density at radius 3 is 2.62 bits per heavy atom. The van der Waals surface area contributed by atoms with E-state index >= 15 is 0 Å². The average Bonchev–Trinajstić information content (AvgIpc) is 2.44. The zero-order chi connectivity index (χ0) is 15.2. The van der Waals surface area contributed by atoms with E-state index in [4.69, 9.17) is 23.8 Å². The summed E-state index contributed by atoms with van der Waals surface area (Å²) >= 11 is 11.0. The van der Waals surface area contributed by atoms with Crippen LogP contribution < -0.4 is 10.7 Å². The maximum absolute atomic E-state index is 12.9. The predicted octanol–water partition coefficient (Wildman–Crippen LogP) is 4.11. The summed E-state index contributed by atoms with van der Waals surface area (Å²) in [6.07, 6.45) is 1.48. The molecule has 2 aromatic carbocycles. The highest BCUT2D eigenvalue weighted by Gasteiger charge is 1.99. The van der Waals surface area contributed by atoms with Gasteiger partial charge in [-0.15, -0.1) is 0 Å². The molecule has 0 aliphatic rings. The smallest absolute Gasteiger partial charge is 0.191 e. The van der Waals surface area contributed by atoms with E-state index in [1.807, 2.05) is 31.2 Å². The Bertz CT molecular complexity index is 671. The van der Waals surface area contributed by atoms with Crippen molar-refractivity contribution in [1.29, 1.82) is 0 Å². The molecule has 0 saturated carbocycles. The fourth-order valence-corrected chi connectivity index (χ4v) is 1.95. The highest BCUT2D eigenvalue weighted by molar-refractivity contribution is 7.80. The number of hydrogen-bond acceptors (Lipinski definition) is 2. The van der Waals surface area contributed by atoms with Gasteiger partial charge in [-0.25, -0.2) is 4.39 Å². The number of anilines is 1. The van der Waals surface area contributed by atoms with Gasteiger partial charge in [0.15, 0.2) is 5.11 Å². The largest absolute Gasteiger partial charge is 0.331 e. The molecule has 0 fully saturated rings. The van der Waals surface area contributed by atoms with E-state index in [1.165, 1.54) is 23.9 Å². The highest BCUT2D eigenvalue weighted by atomic mass is 35.5. The summed E-state index contributed by atoms with van der Waals surface area (Å²) in [4.78, 5) is 0. The van der Waals surface area contributed by atoms with Crippen LogP contribution in [0.2, 0.25) is 5.02 Å². The lowest BCUT2D eigenvalue weighted by Crippen LogP contribution is -2.23. The topological polar surface area (TPSA) is 36.4 Å². The number of hydrazone groups is 1. The van der Waals surface area contributed by atoms with Crippen molar-refractivity contribution >= 4 is 40.8 Å². The third-order valence-corrected chi connectivity index (χ3v) is 3.16. The van der Waals surface area contributed by atoms with Crippen LogP contribution in [0.4, 0.5) is 10.1 Å². The van der Waals surface area contributed by atoms with Gasteiger partial charge in [-0.3, -0.25) is 5.43 Å². The Hall–Kier alpha value is -1.98. The summed E-state index contributed by atoms with van der Waals surface area (Å²) in [5.41, 5.74) is 5.31. The van der Waals surface area contributed by atoms with Crippen LogP contribution in [0.3, 0.4) is 0 Å². The van der Waals surface area contributed by atoms with E-state index in [9.17, 15) is 4.39 Å². The first-order valence-electron chi connectivity index (χ1n) is 6.16. The van der Waals surface area contributed by atoms with Crippen molar-refractivity contribution in [3.8, 4) is 0 Å². The number of rotatable bonds is 3. The van der Waals surface area contributed by atoms with Crippen molar-refractivity contribution in [2.45, 2.75) is 6.92 Å². The van der Waals surface area contributed by atoms with Gasteiger partial charge >= 0.3 is 0 Å². The molecular formula is C15H13ClFN3S. The number of aryl methyl sites for hydroxylation is 1. The van der Waals surface area contributed by atoms with Crippen LogP contribution in [0.1, 0.15) is 11.1 Å². The van der Waals surface area contributed by atoms with E-state index in [0.717, 1.165) is 5.69 Å². The minimum Gasteiger partial charge on any atom is -0.331 e. The van der Waals surface area contributed by atoms with Crippen LogP contribution in [0.15, 0.2) is 47.6 Å². The van der Waals surface area contributed by atoms with Gasteiger partial charge in [0, 0.05) is 11.3 Å². The molecule has 21 heavy (non-hydrogen) atoms. The van der Waals surface area contributed by atoms with Crippen molar-refractivity contribution in [2.24, 2.45) is 5.10 Å². The van der Waals surface area contributed by atoms with E-state index in [-0.39, 0.29) is 10.8 Å². The molecule has 0 aliphatic carbocycles. The monoisotopic (exact) mass is 321 g/mol. The Morgan fingerprint density at radius 1 is 1.24 bits per heavy atom. The lowest BCUT2D eigenvalue weighted by Gasteiger charge is -2.07. The van der Waals surface area contributed by atoms with E-state index in [2.05, 4.69) is 15.8 Å². The molecule has 0 unspecified atom stereocenters. The van der Waals surface area contributed by atoms with Gasteiger partial charge < -0.3 is 5.32 Å². The van der Waals surface area contributed by atoms with Crippen molar-refractivity contribution in [3.63, 3.8) is 0 Å². The molecule has 2 rings (SSSR count). The third kappa shape index (κ3) is 4.81. The number of hydrogen-bond donors (Lipinski definition) is 2. The number of halogens is 2. The normalized spacial score (nSPS) is 10.6. The van der Waals surface area contributed by atoms with Crippen molar-refractivity contribution in [1.82, 2.24) is 5.43 Å². The van der Waals surface area contributed by atoms with Crippen LogP contribution in [0.5, 0.6) is 0 Å². The predicted molar refractivity (Wildman–Crippen MR) is 89.5 cm³/mol. The standard InChI is InChI=1S/C15H13ClFN3S/c1-10-2-6-13(7-3-10)19-15(21)20-18-9-11-4-5-12(17)8-14(11)16/h2-9H,1H3,(H2,19,20,21). The second-order valence-corrected chi connectivity index (χ2v) is 5.17. The number of nitrogens with zero attached hydrogens (tertiary/aromatic N) is 1. The molecule has 0 bridgehead atoms. The molecule has 0 saturated heterocycles. The summed E-state index contributed by atoms with van der Waals surface area (Å²) < 4.78 is 12.9. The van der Waals surface area contributed by atoms with E-state index in [1.54, 1.807) is 6.07 Å². The van der Waals surface area contributed by atoms with E-state index in [0.29, 0.717) is 10.7 Å². The molecule has 0 amide bonds. The summed E-state index contributed by atoms with van der Waals surface area (Å²) in [5, 5.41) is 7.60. The minimum atomic E-state index is -0.387. The van der Waals surface area contributed by atoms with Crippen LogP contribution >= 0.6 is 23.8 Å². The van der Waals surface area contributed by atoms with Gasteiger partial charge in [-0.2, -0.15) is 5.10 Å². The van der Waals surface area contributed by atoms with Crippen molar-refractivity contribution < 1.29 is 4.39 Å². The molecule has 0 aliphatic heterocycles. The average molecular weight is 322 g/mol. The number of benzene rings is 2. The van der Waals surface area contributed by atoms with Gasteiger partial charge in [-0.05, 0) is 49.5 Å². The molecule has 6 heteroatoms. The van der Waals surface area contributed by atoms with Crippen molar-refractivity contribution in [3.05, 3.63) is 64.4 Å². The van der Waals surface area contributed by atoms with E-state index < -0.39 is 0 Å². The third-order valence-electron chi connectivity index (χ3n) is 2.64. The van der Waals surface area contributed by atoms with Crippen LogP contribution in [-0.2, 0) is 0 Å². The zero-order valence-electron chi connectivity index (χ0n) is 11.2. The second kappa shape index (κ2) is 7.15. The number of nitrogens with one attached hydrogen (secondary N) is 2. The van der Waals surface area contributed by atoms with Gasteiger partial charge in [0.1, 0.15) is 5.82 Å². The van der Waals surface area contributed by atoms with Crippen LogP contribution in [0.25, 0.3) is 0 Å². The van der Waals surface area contributed by atoms with Crippen LogP contribution in [-0.4, -0.2) is 11.3 Å². The summed E-state index contributed by atoms with van der Waals surface area (Å²) in [6.45, 7) is 2.01. The molecule has 2 aromatic rings. The van der Waals surface area contributed by atoms with Gasteiger partial charge in [0.2, 0.25) is 0 Å². The Morgan fingerprint density at radius 2 is 1.95 bits per heavy atom. The molecule has 2 N–H and O–H groups in total. The molecular weight excluding hydrogens is 309 g/mol. The van der Waals surface area contributed by atoms with Crippen molar-refractivity contribution in [2.75, 3.05) is 5.32 Å². The maximum Gasteiger partial charge on any atom is 0.191 e. The molecule has 0 aromatic heterocycles. The fourth-order valence-electron chi connectivity index (χ4n) is 1.56. The maximum atomic E-state index is 12.9. The molecule has 0 radical (unpaired) electrons. The first kappa shape index (κ1) is 15.4. The van der Waals surface area contributed by atoms with Gasteiger partial charge in [0.25, 0.3) is 0 Å². The SMILES string of the molecule is Cc1ccc(NC(=S)NN=Cc2ccc(F)cc2Cl)cc1. The molecule has 0 heterocycles. The Balaban J connectivity index is 1.91. The second-order valence-electron chi connectivity index (χ2n) is 4.36. The Kier molecular flexibility index (Phi) is 5.25. The Labute approximate surface area is 132 Å². The summed E-state index contributed by atoms with van der Waals surface area (Å²) in [5.74, 6) is -0.387.